The smallest absolute Gasteiger partial charge is 0.325 e. The van der Waals surface area contributed by atoms with Gasteiger partial charge in [0.15, 0.2) is 5.16 Å². The van der Waals surface area contributed by atoms with Crippen LogP contribution in [0.15, 0.2) is 69.3 Å². The van der Waals surface area contributed by atoms with E-state index in [1.54, 1.807) is 34.9 Å². The number of methoxy groups -OCH3 is 1. The fourth-order valence-electron chi connectivity index (χ4n) is 3.33. The van der Waals surface area contributed by atoms with Gasteiger partial charge < -0.3 is 15.0 Å². The first-order chi connectivity index (χ1) is 17.3. The van der Waals surface area contributed by atoms with Gasteiger partial charge in [-0.3, -0.25) is 29.3 Å². The molecule has 0 saturated carbocycles. The summed E-state index contributed by atoms with van der Waals surface area (Å²) in [5.74, 6) is 0.524. The normalized spacial score (nSPS) is 10.7. The molecule has 13 nitrogen and oxygen atoms in total. The number of carbonyl (C=O) groups excluding carboxylic acids is 1. The highest BCUT2D eigenvalue weighted by Gasteiger charge is 2.18. The molecule has 4 rings (SSSR count). The molecule has 0 bridgehead atoms. The van der Waals surface area contributed by atoms with Gasteiger partial charge in [-0.1, -0.05) is 23.9 Å². The van der Waals surface area contributed by atoms with Crippen molar-refractivity contribution in [3.63, 3.8) is 0 Å². The number of nitrogens with one attached hydrogen (secondary N) is 3. The van der Waals surface area contributed by atoms with Gasteiger partial charge in [0, 0.05) is 42.1 Å². The standard InChI is InChI=1S/C22H19N7O6S/c1-35-17-7-3-5-15(11-17)28-18(9-14-10-19(30)25-21(32)24-14)26-27-22(28)36-12-20(31)23-13-4-2-6-16(8-13)29(33)34/h2-8,10-11H,9,12H2,1H3,(H,23,31)(H2,24,25,30,32). The Labute approximate surface area is 206 Å². The number of hydrogen-bond acceptors (Lipinski definition) is 9. The van der Waals surface area contributed by atoms with E-state index >= 15 is 0 Å². The highest BCUT2D eigenvalue weighted by atomic mass is 32.2. The second-order valence-corrected chi connectivity index (χ2v) is 8.31. The molecule has 2 aromatic carbocycles. The second kappa shape index (κ2) is 10.7. The number of ether oxygens (including phenoxy) is 1. The molecule has 2 aromatic heterocycles. The van der Waals surface area contributed by atoms with E-state index in [9.17, 15) is 24.5 Å². The molecule has 0 atom stereocenters. The van der Waals surface area contributed by atoms with Crippen molar-refractivity contribution in [2.24, 2.45) is 0 Å². The summed E-state index contributed by atoms with van der Waals surface area (Å²) in [5.41, 5.74) is -0.0574. The summed E-state index contributed by atoms with van der Waals surface area (Å²) >= 11 is 1.09. The predicted molar refractivity (Wildman–Crippen MR) is 131 cm³/mol. The van der Waals surface area contributed by atoms with E-state index in [-0.39, 0.29) is 17.9 Å². The van der Waals surface area contributed by atoms with Crippen LogP contribution in [-0.4, -0.2) is 48.4 Å². The van der Waals surface area contributed by atoms with Crippen molar-refractivity contribution in [3.05, 3.63) is 97.1 Å². The number of H-pyrrole nitrogens is 2. The molecule has 0 unspecified atom stereocenters. The lowest BCUT2D eigenvalue weighted by Crippen LogP contribution is -2.23. The van der Waals surface area contributed by atoms with E-state index in [0.29, 0.717) is 33.8 Å². The molecule has 184 valence electrons. The first-order valence-corrected chi connectivity index (χ1v) is 11.4. The number of benzene rings is 2. The average Bonchev–Trinajstić information content (AvgIpc) is 3.24. The Balaban J connectivity index is 1.59. The molecular formula is C22H19N7O6S. The van der Waals surface area contributed by atoms with E-state index in [2.05, 4.69) is 25.5 Å². The van der Waals surface area contributed by atoms with Crippen LogP contribution in [0.4, 0.5) is 11.4 Å². The summed E-state index contributed by atoms with van der Waals surface area (Å²) in [6.45, 7) is 0. The summed E-state index contributed by atoms with van der Waals surface area (Å²) in [6.07, 6.45) is 0.0871. The minimum atomic E-state index is -0.641. The third kappa shape index (κ3) is 5.85. The van der Waals surface area contributed by atoms with Crippen molar-refractivity contribution in [2.75, 3.05) is 18.2 Å². The fourth-order valence-corrected chi connectivity index (χ4v) is 4.10. The van der Waals surface area contributed by atoms with Crippen molar-refractivity contribution in [1.29, 1.82) is 0 Å². The summed E-state index contributed by atoms with van der Waals surface area (Å²) in [4.78, 5) is 51.0. The van der Waals surface area contributed by atoms with Crippen molar-refractivity contribution in [1.82, 2.24) is 24.7 Å². The molecule has 0 radical (unpaired) electrons. The topological polar surface area (TPSA) is 178 Å². The molecule has 0 saturated heterocycles. The maximum absolute atomic E-state index is 12.5. The molecule has 36 heavy (non-hydrogen) atoms. The van der Waals surface area contributed by atoms with Gasteiger partial charge in [0.2, 0.25) is 5.91 Å². The van der Waals surface area contributed by atoms with Crippen LogP contribution in [0.3, 0.4) is 0 Å². The predicted octanol–water partition coefficient (Wildman–Crippen LogP) is 1.88. The molecule has 2 heterocycles. The minimum absolute atomic E-state index is 0.0629. The molecule has 0 fully saturated rings. The number of aromatic nitrogens is 5. The zero-order chi connectivity index (χ0) is 25.7. The van der Waals surface area contributed by atoms with Crippen molar-refractivity contribution < 1.29 is 14.5 Å². The minimum Gasteiger partial charge on any atom is -0.497 e. The van der Waals surface area contributed by atoms with Crippen molar-refractivity contribution >= 4 is 29.0 Å². The Kier molecular flexibility index (Phi) is 7.25. The van der Waals surface area contributed by atoms with Crippen LogP contribution in [0.5, 0.6) is 5.75 Å². The highest BCUT2D eigenvalue weighted by molar-refractivity contribution is 7.99. The third-order valence-electron chi connectivity index (χ3n) is 4.85. The van der Waals surface area contributed by atoms with Gasteiger partial charge >= 0.3 is 5.69 Å². The van der Waals surface area contributed by atoms with Gasteiger partial charge in [0.1, 0.15) is 11.6 Å². The lowest BCUT2D eigenvalue weighted by Gasteiger charge is -2.11. The number of anilines is 1. The van der Waals surface area contributed by atoms with Crippen LogP contribution in [0, 0.1) is 10.1 Å². The quantitative estimate of drug-likeness (QED) is 0.173. The van der Waals surface area contributed by atoms with Gasteiger partial charge in [-0.25, -0.2) is 4.79 Å². The maximum atomic E-state index is 12.5. The lowest BCUT2D eigenvalue weighted by molar-refractivity contribution is -0.384. The zero-order valence-corrected chi connectivity index (χ0v) is 19.6. The molecule has 14 heteroatoms. The highest BCUT2D eigenvalue weighted by Crippen LogP contribution is 2.26. The van der Waals surface area contributed by atoms with E-state index in [1.165, 1.54) is 31.4 Å². The van der Waals surface area contributed by atoms with E-state index in [1.807, 2.05) is 0 Å². The Bertz CT molecular complexity index is 1520. The number of thioether (sulfide) groups is 1. The molecule has 4 aromatic rings. The van der Waals surface area contributed by atoms with E-state index in [4.69, 9.17) is 4.74 Å². The van der Waals surface area contributed by atoms with Crippen molar-refractivity contribution in [2.45, 2.75) is 11.6 Å². The largest absolute Gasteiger partial charge is 0.497 e. The average molecular weight is 510 g/mol. The molecule has 1 amide bonds. The number of amides is 1. The summed E-state index contributed by atoms with van der Waals surface area (Å²) in [5, 5.41) is 22.4. The number of nitro benzene ring substituents is 1. The summed E-state index contributed by atoms with van der Waals surface area (Å²) < 4.78 is 7.00. The maximum Gasteiger partial charge on any atom is 0.325 e. The number of carbonyl (C=O) groups is 1. The Morgan fingerprint density at radius 2 is 1.94 bits per heavy atom. The summed E-state index contributed by atoms with van der Waals surface area (Å²) in [7, 11) is 1.53. The number of non-ortho nitro benzene ring substituents is 1. The Morgan fingerprint density at radius 3 is 2.69 bits per heavy atom. The van der Waals surface area contributed by atoms with Gasteiger partial charge in [-0.05, 0) is 18.2 Å². The van der Waals surface area contributed by atoms with Gasteiger partial charge in [0.25, 0.3) is 11.2 Å². The number of nitrogens with zero attached hydrogens (tertiary/aromatic N) is 4. The van der Waals surface area contributed by atoms with Crippen molar-refractivity contribution in [3.8, 4) is 11.4 Å². The van der Waals surface area contributed by atoms with Gasteiger partial charge in [-0.2, -0.15) is 0 Å². The molecule has 3 N–H and O–H groups in total. The number of hydrogen-bond donors (Lipinski definition) is 3. The zero-order valence-electron chi connectivity index (χ0n) is 18.8. The molecule has 0 aliphatic carbocycles. The number of nitro groups is 1. The Hall–Kier alpha value is -4.72. The van der Waals surface area contributed by atoms with E-state index < -0.39 is 22.1 Å². The Morgan fingerprint density at radius 1 is 1.14 bits per heavy atom. The lowest BCUT2D eigenvalue weighted by atomic mass is 10.2. The molecular weight excluding hydrogens is 490 g/mol. The third-order valence-corrected chi connectivity index (χ3v) is 5.78. The monoisotopic (exact) mass is 509 g/mol. The number of rotatable bonds is 9. The van der Waals surface area contributed by atoms with Crippen LogP contribution in [0.1, 0.15) is 11.5 Å². The molecule has 0 aliphatic rings. The molecule has 0 spiro atoms. The van der Waals surface area contributed by atoms with Crippen LogP contribution in [-0.2, 0) is 11.2 Å². The first-order valence-electron chi connectivity index (χ1n) is 10.4. The van der Waals surface area contributed by atoms with Crippen LogP contribution in [0.2, 0.25) is 0 Å². The van der Waals surface area contributed by atoms with Crippen LogP contribution >= 0.6 is 11.8 Å². The van der Waals surface area contributed by atoms with E-state index in [0.717, 1.165) is 11.8 Å². The van der Waals surface area contributed by atoms with Gasteiger partial charge in [-0.15, -0.1) is 10.2 Å². The fraction of sp³-hybridized carbons (Fsp3) is 0.136. The van der Waals surface area contributed by atoms with Crippen LogP contribution < -0.4 is 21.3 Å². The van der Waals surface area contributed by atoms with Gasteiger partial charge in [0.05, 0.1) is 23.5 Å². The SMILES string of the molecule is COc1cccc(-n2c(Cc3cc(=O)[nH]c(=O)[nH]3)nnc2SCC(=O)Nc2cccc([N+](=O)[O-])c2)c1. The summed E-state index contributed by atoms with van der Waals surface area (Å²) in [6, 6.07) is 14.0. The second-order valence-electron chi connectivity index (χ2n) is 7.37. The first kappa shape index (κ1) is 24.4. The number of aromatic amines is 2. The van der Waals surface area contributed by atoms with Crippen LogP contribution in [0.25, 0.3) is 5.69 Å². The molecule has 0 aliphatic heterocycles.